The molecule has 1 saturated heterocycles. The third-order valence-electron chi connectivity index (χ3n) is 2.17. The van der Waals surface area contributed by atoms with Crippen LogP contribution in [0, 0.1) is 6.92 Å². The Morgan fingerprint density at radius 3 is 3.00 bits per heavy atom. The Balaban J connectivity index is 0.000000980. The fourth-order valence-electron chi connectivity index (χ4n) is 1.51. The van der Waals surface area contributed by atoms with Gasteiger partial charge in [0.2, 0.25) is 0 Å². The molecule has 1 atom stereocenters. The van der Waals surface area contributed by atoms with E-state index < -0.39 is 0 Å². The normalized spacial score (nSPS) is 20.2. The van der Waals surface area contributed by atoms with Crippen molar-refractivity contribution in [2.24, 2.45) is 0 Å². The summed E-state index contributed by atoms with van der Waals surface area (Å²) in [5.41, 5.74) is 1.14. The molecule has 1 N–H and O–H groups in total. The molecule has 78 valence electrons. The Labute approximate surface area is 90.3 Å². The van der Waals surface area contributed by atoms with Crippen LogP contribution in [0.5, 0.6) is 5.75 Å². The van der Waals surface area contributed by atoms with Crippen LogP contribution in [0.25, 0.3) is 0 Å². The van der Waals surface area contributed by atoms with Crippen LogP contribution in [0.4, 0.5) is 0 Å². The number of ether oxygens (including phenoxy) is 1. The molecule has 3 nitrogen and oxygen atoms in total. The molecule has 0 saturated carbocycles. The van der Waals surface area contributed by atoms with Crippen LogP contribution in [0.2, 0.25) is 0 Å². The summed E-state index contributed by atoms with van der Waals surface area (Å²) >= 11 is 0. The lowest BCUT2D eigenvalue weighted by molar-refractivity contribution is 0.222. The monoisotopic (exact) mass is 214 g/mol. The smallest absolute Gasteiger partial charge is 0.138 e. The van der Waals surface area contributed by atoms with Gasteiger partial charge >= 0.3 is 0 Å². The van der Waals surface area contributed by atoms with E-state index in [1.54, 1.807) is 6.20 Å². The molecule has 0 amide bonds. The standard InChI is InChI=1S/C10H14N2O.ClH/c1-8-4-10(7-12-5-8)13-9-2-3-11-6-9;/h4-5,7,9,11H,2-3,6H2,1H3;1H/t9-;/m1./s1. The van der Waals surface area contributed by atoms with Gasteiger partial charge in [-0.3, -0.25) is 4.98 Å². The first-order valence-corrected chi connectivity index (χ1v) is 4.63. The van der Waals surface area contributed by atoms with Crippen molar-refractivity contribution in [3.63, 3.8) is 0 Å². The van der Waals surface area contributed by atoms with Crippen LogP contribution in [0.1, 0.15) is 12.0 Å². The van der Waals surface area contributed by atoms with Crippen molar-refractivity contribution in [1.29, 1.82) is 0 Å². The van der Waals surface area contributed by atoms with Gasteiger partial charge in [-0.25, -0.2) is 0 Å². The predicted octanol–water partition coefficient (Wildman–Crippen LogP) is 1.55. The zero-order valence-electron chi connectivity index (χ0n) is 8.19. The van der Waals surface area contributed by atoms with Gasteiger partial charge in [0.25, 0.3) is 0 Å². The number of hydrogen-bond donors (Lipinski definition) is 1. The number of hydrogen-bond acceptors (Lipinski definition) is 3. The molecule has 14 heavy (non-hydrogen) atoms. The molecular weight excluding hydrogens is 200 g/mol. The van der Waals surface area contributed by atoms with Crippen LogP contribution in [-0.4, -0.2) is 24.2 Å². The lowest BCUT2D eigenvalue weighted by Crippen LogP contribution is -2.19. The zero-order valence-corrected chi connectivity index (χ0v) is 9.01. The minimum atomic E-state index is 0. The Hall–Kier alpha value is -0.800. The average Bonchev–Trinajstić information content (AvgIpc) is 2.57. The number of aromatic nitrogens is 1. The predicted molar refractivity (Wildman–Crippen MR) is 58.1 cm³/mol. The van der Waals surface area contributed by atoms with E-state index in [9.17, 15) is 0 Å². The molecule has 2 heterocycles. The summed E-state index contributed by atoms with van der Waals surface area (Å²) in [6.07, 6.45) is 5.02. The highest BCUT2D eigenvalue weighted by molar-refractivity contribution is 5.85. The highest BCUT2D eigenvalue weighted by Crippen LogP contribution is 2.14. The van der Waals surface area contributed by atoms with Gasteiger partial charge in [-0.05, 0) is 31.5 Å². The van der Waals surface area contributed by atoms with E-state index in [4.69, 9.17) is 4.74 Å². The Bertz CT molecular complexity index is 287. The molecule has 0 radical (unpaired) electrons. The van der Waals surface area contributed by atoms with Gasteiger partial charge in [0, 0.05) is 12.7 Å². The first-order chi connectivity index (χ1) is 6.34. The van der Waals surface area contributed by atoms with Gasteiger partial charge in [0.05, 0.1) is 6.20 Å². The number of pyridine rings is 1. The van der Waals surface area contributed by atoms with Crippen molar-refractivity contribution in [3.05, 3.63) is 24.0 Å². The molecule has 4 heteroatoms. The summed E-state index contributed by atoms with van der Waals surface area (Å²) in [7, 11) is 0. The lowest BCUT2D eigenvalue weighted by Gasteiger charge is -2.11. The Morgan fingerprint density at radius 2 is 2.36 bits per heavy atom. The second-order valence-electron chi connectivity index (χ2n) is 3.43. The van der Waals surface area contributed by atoms with Crippen molar-refractivity contribution >= 4 is 12.4 Å². The second kappa shape index (κ2) is 5.17. The van der Waals surface area contributed by atoms with E-state index in [2.05, 4.69) is 10.3 Å². The summed E-state index contributed by atoms with van der Waals surface area (Å²) in [6, 6.07) is 2.02. The van der Waals surface area contributed by atoms with Crippen LogP contribution in [-0.2, 0) is 0 Å². The fourth-order valence-corrected chi connectivity index (χ4v) is 1.51. The molecular formula is C10H15ClN2O. The van der Waals surface area contributed by atoms with Crippen molar-refractivity contribution in [3.8, 4) is 5.75 Å². The molecule has 1 aromatic heterocycles. The molecule has 1 aliphatic heterocycles. The number of aryl methyl sites for hydroxylation is 1. The molecule has 0 aromatic carbocycles. The highest BCUT2D eigenvalue weighted by Gasteiger charge is 2.15. The molecule has 2 rings (SSSR count). The summed E-state index contributed by atoms with van der Waals surface area (Å²) in [5.74, 6) is 0.883. The topological polar surface area (TPSA) is 34.1 Å². The van der Waals surface area contributed by atoms with Crippen molar-refractivity contribution in [1.82, 2.24) is 10.3 Å². The molecule has 0 aliphatic carbocycles. The van der Waals surface area contributed by atoms with Crippen molar-refractivity contribution in [2.75, 3.05) is 13.1 Å². The van der Waals surface area contributed by atoms with E-state index in [1.807, 2.05) is 19.2 Å². The molecule has 0 bridgehead atoms. The Morgan fingerprint density at radius 1 is 1.50 bits per heavy atom. The van der Waals surface area contributed by atoms with Crippen LogP contribution < -0.4 is 10.1 Å². The average molecular weight is 215 g/mol. The van der Waals surface area contributed by atoms with E-state index in [0.29, 0.717) is 6.10 Å². The maximum atomic E-state index is 5.73. The maximum absolute atomic E-state index is 5.73. The fraction of sp³-hybridized carbons (Fsp3) is 0.500. The van der Waals surface area contributed by atoms with Crippen LogP contribution in [0.15, 0.2) is 18.5 Å². The van der Waals surface area contributed by atoms with Crippen LogP contribution in [0.3, 0.4) is 0 Å². The van der Waals surface area contributed by atoms with Gasteiger partial charge in [0.15, 0.2) is 0 Å². The largest absolute Gasteiger partial charge is 0.487 e. The van der Waals surface area contributed by atoms with E-state index >= 15 is 0 Å². The first-order valence-electron chi connectivity index (χ1n) is 4.63. The van der Waals surface area contributed by atoms with Crippen molar-refractivity contribution in [2.45, 2.75) is 19.4 Å². The molecule has 1 fully saturated rings. The quantitative estimate of drug-likeness (QED) is 0.811. The van der Waals surface area contributed by atoms with E-state index in [-0.39, 0.29) is 12.4 Å². The molecule has 0 spiro atoms. The number of nitrogens with one attached hydrogen (secondary N) is 1. The zero-order chi connectivity index (χ0) is 9.10. The van der Waals surface area contributed by atoms with E-state index in [1.165, 1.54) is 0 Å². The summed E-state index contributed by atoms with van der Waals surface area (Å²) in [6.45, 7) is 4.03. The molecule has 1 aromatic rings. The van der Waals surface area contributed by atoms with Gasteiger partial charge in [-0.1, -0.05) is 0 Å². The number of nitrogens with zero attached hydrogens (tertiary/aromatic N) is 1. The van der Waals surface area contributed by atoms with Gasteiger partial charge < -0.3 is 10.1 Å². The van der Waals surface area contributed by atoms with E-state index in [0.717, 1.165) is 30.8 Å². The number of halogens is 1. The SMILES string of the molecule is Cc1cncc(O[C@@H]2CCNC2)c1.Cl. The summed E-state index contributed by atoms with van der Waals surface area (Å²) in [4.78, 5) is 4.08. The van der Waals surface area contributed by atoms with Gasteiger partial charge in [0.1, 0.15) is 11.9 Å². The van der Waals surface area contributed by atoms with Crippen molar-refractivity contribution < 1.29 is 4.74 Å². The first kappa shape index (κ1) is 11.3. The minimum absolute atomic E-state index is 0. The third-order valence-corrected chi connectivity index (χ3v) is 2.17. The second-order valence-corrected chi connectivity index (χ2v) is 3.43. The highest BCUT2D eigenvalue weighted by atomic mass is 35.5. The Kier molecular flexibility index (Phi) is 4.17. The third kappa shape index (κ3) is 2.86. The molecule has 0 unspecified atom stereocenters. The van der Waals surface area contributed by atoms with Gasteiger partial charge in [-0.15, -0.1) is 12.4 Å². The van der Waals surface area contributed by atoms with Crippen LogP contribution >= 0.6 is 12.4 Å². The maximum Gasteiger partial charge on any atom is 0.138 e. The van der Waals surface area contributed by atoms with Gasteiger partial charge in [-0.2, -0.15) is 0 Å². The minimum Gasteiger partial charge on any atom is -0.487 e. The molecule has 1 aliphatic rings. The number of rotatable bonds is 2. The summed E-state index contributed by atoms with van der Waals surface area (Å²) in [5, 5.41) is 3.26. The lowest BCUT2D eigenvalue weighted by atomic mass is 10.3. The summed E-state index contributed by atoms with van der Waals surface area (Å²) < 4.78 is 5.73.